The molecule has 1 aromatic rings. The second kappa shape index (κ2) is 5.27. The molecule has 0 aliphatic carbocycles. The number of piperidine rings is 1. The fourth-order valence-electron chi connectivity index (χ4n) is 2.30. The molecule has 2 N–H and O–H groups in total. The van der Waals surface area contributed by atoms with Gasteiger partial charge in [0, 0.05) is 30.5 Å². The molecule has 0 radical (unpaired) electrons. The molecule has 1 fully saturated rings. The normalized spacial score (nSPS) is 20.4. The minimum atomic E-state index is 0.105. The van der Waals surface area contributed by atoms with Crippen LogP contribution in [0, 0.1) is 12.8 Å². The number of likely N-dealkylation sites (tertiary alicyclic amines) is 1. The van der Waals surface area contributed by atoms with E-state index in [9.17, 15) is 4.79 Å². The molecule has 92 valence electrons. The summed E-state index contributed by atoms with van der Waals surface area (Å²) in [5.41, 5.74) is 7.29. The first-order valence-corrected chi connectivity index (χ1v) is 6.12. The van der Waals surface area contributed by atoms with Gasteiger partial charge in [-0.15, -0.1) is 0 Å². The molecule has 0 aromatic carbocycles. The lowest BCUT2D eigenvalue weighted by Gasteiger charge is -2.32. The van der Waals surface area contributed by atoms with Gasteiger partial charge in [-0.1, -0.05) is 0 Å². The van der Waals surface area contributed by atoms with E-state index in [1.54, 1.807) is 12.3 Å². The first-order chi connectivity index (χ1) is 8.20. The van der Waals surface area contributed by atoms with Crippen molar-refractivity contribution in [3.05, 3.63) is 29.6 Å². The van der Waals surface area contributed by atoms with E-state index in [0.29, 0.717) is 12.5 Å². The van der Waals surface area contributed by atoms with Crippen LogP contribution in [0.2, 0.25) is 0 Å². The van der Waals surface area contributed by atoms with E-state index in [4.69, 9.17) is 5.73 Å². The number of nitrogens with two attached hydrogens (primary N) is 1. The van der Waals surface area contributed by atoms with Crippen molar-refractivity contribution in [2.24, 2.45) is 11.7 Å². The standard InChI is InChI=1S/C13H19N3O/c1-10-7-12(4-5-15-10)13(17)16-6-2-3-11(8-14)9-16/h4-5,7,11H,2-3,6,8-9,14H2,1H3. The van der Waals surface area contributed by atoms with Crippen molar-refractivity contribution in [1.29, 1.82) is 0 Å². The summed E-state index contributed by atoms with van der Waals surface area (Å²) in [4.78, 5) is 18.3. The number of nitrogens with zero attached hydrogens (tertiary/aromatic N) is 2. The second-order valence-corrected chi connectivity index (χ2v) is 4.68. The Balaban J connectivity index is 2.09. The first kappa shape index (κ1) is 12.0. The Morgan fingerprint density at radius 2 is 2.47 bits per heavy atom. The smallest absolute Gasteiger partial charge is 0.253 e. The summed E-state index contributed by atoms with van der Waals surface area (Å²) in [5, 5.41) is 0. The molecule has 2 heterocycles. The van der Waals surface area contributed by atoms with Crippen LogP contribution in [0.5, 0.6) is 0 Å². The Morgan fingerprint density at radius 3 is 3.18 bits per heavy atom. The monoisotopic (exact) mass is 233 g/mol. The number of aryl methyl sites for hydroxylation is 1. The molecule has 1 atom stereocenters. The number of carbonyl (C=O) groups is 1. The fraction of sp³-hybridized carbons (Fsp3) is 0.538. The molecule has 1 aromatic heterocycles. The lowest BCUT2D eigenvalue weighted by molar-refractivity contribution is 0.0678. The quantitative estimate of drug-likeness (QED) is 0.835. The van der Waals surface area contributed by atoms with Crippen LogP contribution in [-0.2, 0) is 0 Å². The number of aromatic nitrogens is 1. The summed E-state index contributed by atoms with van der Waals surface area (Å²) in [7, 11) is 0. The number of carbonyl (C=O) groups excluding carboxylic acids is 1. The summed E-state index contributed by atoms with van der Waals surface area (Å²) in [5.74, 6) is 0.560. The molecule has 2 rings (SSSR count). The second-order valence-electron chi connectivity index (χ2n) is 4.68. The SMILES string of the molecule is Cc1cc(C(=O)N2CCCC(CN)C2)ccn1. The predicted octanol–water partition coefficient (Wildman–Crippen LogP) is 1.20. The number of hydrogen-bond donors (Lipinski definition) is 1. The molecule has 1 aliphatic heterocycles. The van der Waals surface area contributed by atoms with Gasteiger partial charge in [-0.25, -0.2) is 0 Å². The predicted molar refractivity (Wildman–Crippen MR) is 66.7 cm³/mol. The molecule has 17 heavy (non-hydrogen) atoms. The van der Waals surface area contributed by atoms with E-state index in [2.05, 4.69) is 4.98 Å². The van der Waals surface area contributed by atoms with Crippen molar-refractivity contribution >= 4 is 5.91 Å². The lowest BCUT2D eigenvalue weighted by Crippen LogP contribution is -2.42. The number of rotatable bonds is 2. The topological polar surface area (TPSA) is 59.2 Å². The average Bonchev–Trinajstić information content (AvgIpc) is 2.38. The van der Waals surface area contributed by atoms with E-state index in [0.717, 1.165) is 37.2 Å². The maximum Gasteiger partial charge on any atom is 0.253 e. The van der Waals surface area contributed by atoms with Crippen molar-refractivity contribution in [2.75, 3.05) is 19.6 Å². The van der Waals surface area contributed by atoms with Gasteiger partial charge in [0.15, 0.2) is 0 Å². The zero-order valence-electron chi connectivity index (χ0n) is 10.2. The van der Waals surface area contributed by atoms with Crippen LogP contribution in [0.1, 0.15) is 28.9 Å². The summed E-state index contributed by atoms with van der Waals surface area (Å²) in [6.45, 7) is 4.20. The number of amides is 1. The van der Waals surface area contributed by atoms with Crippen LogP contribution in [0.25, 0.3) is 0 Å². The van der Waals surface area contributed by atoms with Gasteiger partial charge in [0.05, 0.1) is 0 Å². The van der Waals surface area contributed by atoms with E-state index < -0.39 is 0 Å². The minimum absolute atomic E-state index is 0.105. The number of hydrogen-bond acceptors (Lipinski definition) is 3. The third kappa shape index (κ3) is 2.82. The fourth-order valence-corrected chi connectivity index (χ4v) is 2.30. The van der Waals surface area contributed by atoms with Gasteiger partial charge in [-0.3, -0.25) is 9.78 Å². The molecular weight excluding hydrogens is 214 g/mol. The van der Waals surface area contributed by atoms with Crippen molar-refractivity contribution in [3.8, 4) is 0 Å². The Labute approximate surface area is 102 Å². The van der Waals surface area contributed by atoms with Gasteiger partial charge in [0.25, 0.3) is 5.91 Å². The average molecular weight is 233 g/mol. The maximum absolute atomic E-state index is 12.3. The van der Waals surface area contributed by atoms with Gasteiger partial charge in [-0.2, -0.15) is 0 Å². The Hall–Kier alpha value is -1.42. The van der Waals surface area contributed by atoms with Crippen molar-refractivity contribution < 1.29 is 4.79 Å². The van der Waals surface area contributed by atoms with Crippen molar-refractivity contribution in [3.63, 3.8) is 0 Å². The Morgan fingerprint density at radius 1 is 1.65 bits per heavy atom. The summed E-state index contributed by atoms with van der Waals surface area (Å²) < 4.78 is 0. The van der Waals surface area contributed by atoms with E-state index in [1.807, 2.05) is 17.9 Å². The molecule has 1 unspecified atom stereocenters. The minimum Gasteiger partial charge on any atom is -0.338 e. The highest BCUT2D eigenvalue weighted by atomic mass is 16.2. The third-order valence-electron chi connectivity index (χ3n) is 3.28. The van der Waals surface area contributed by atoms with E-state index in [-0.39, 0.29) is 5.91 Å². The highest BCUT2D eigenvalue weighted by Crippen LogP contribution is 2.17. The molecule has 0 bridgehead atoms. The van der Waals surface area contributed by atoms with Gasteiger partial charge >= 0.3 is 0 Å². The number of pyridine rings is 1. The van der Waals surface area contributed by atoms with Gasteiger partial charge in [0.1, 0.15) is 0 Å². The molecule has 1 amide bonds. The first-order valence-electron chi connectivity index (χ1n) is 6.12. The van der Waals surface area contributed by atoms with Gasteiger partial charge < -0.3 is 10.6 Å². The molecule has 4 nitrogen and oxygen atoms in total. The largest absolute Gasteiger partial charge is 0.338 e. The van der Waals surface area contributed by atoms with Crippen molar-refractivity contribution in [2.45, 2.75) is 19.8 Å². The Kier molecular flexibility index (Phi) is 3.74. The zero-order chi connectivity index (χ0) is 12.3. The molecule has 0 spiro atoms. The van der Waals surface area contributed by atoms with Crippen LogP contribution in [-0.4, -0.2) is 35.4 Å². The van der Waals surface area contributed by atoms with Crippen LogP contribution in [0.15, 0.2) is 18.3 Å². The highest BCUT2D eigenvalue weighted by molar-refractivity contribution is 5.94. The molecular formula is C13H19N3O. The van der Waals surface area contributed by atoms with Crippen molar-refractivity contribution in [1.82, 2.24) is 9.88 Å². The van der Waals surface area contributed by atoms with Crippen LogP contribution >= 0.6 is 0 Å². The summed E-state index contributed by atoms with van der Waals surface area (Å²) in [6, 6.07) is 3.62. The summed E-state index contributed by atoms with van der Waals surface area (Å²) >= 11 is 0. The van der Waals surface area contributed by atoms with Crippen LogP contribution in [0.3, 0.4) is 0 Å². The van der Waals surface area contributed by atoms with Gasteiger partial charge in [-0.05, 0) is 44.4 Å². The Bertz CT molecular complexity index is 405. The zero-order valence-corrected chi connectivity index (χ0v) is 10.2. The maximum atomic E-state index is 12.3. The van der Waals surface area contributed by atoms with Gasteiger partial charge in [0.2, 0.25) is 0 Å². The van der Waals surface area contributed by atoms with E-state index in [1.165, 1.54) is 0 Å². The molecule has 1 aliphatic rings. The summed E-state index contributed by atoms with van der Waals surface area (Å²) in [6.07, 6.45) is 3.88. The molecule has 1 saturated heterocycles. The van der Waals surface area contributed by atoms with E-state index >= 15 is 0 Å². The molecule has 4 heteroatoms. The highest BCUT2D eigenvalue weighted by Gasteiger charge is 2.23. The molecule has 0 saturated carbocycles. The van der Waals surface area contributed by atoms with Crippen LogP contribution < -0.4 is 5.73 Å². The lowest BCUT2D eigenvalue weighted by atomic mass is 9.97. The third-order valence-corrected chi connectivity index (χ3v) is 3.28. The van der Waals surface area contributed by atoms with Crippen LogP contribution in [0.4, 0.5) is 0 Å².